The number of anilines is 1. The molecule has 0 aromatic heterocycles. The second-order valence-electron chi connectivity index (χ2n) is 2.39. The van der Waals surface area contributed by atoms with Gasteiger partial charge in [0, 0.05) is 0 Å². The van der Waals surface area contributed by atoms with Gasteiger partial charge in [-0.2, -0.15) is 0 Å². The molecule has 1 radical (unpaired) electrons. The van der Waals surface area contributed by atoms with E-state index in [1.807, 2.05) is 36.4 Å². The number of benzene rings is 1. The van der Waals surface area contributed by atoms with Crippen LogP contribution in [0.3, 0.4) is 0 Å². The van der Waals surface area contributed by atoms with E-state index in [4.69, 9.17) is 0 Å². The van der Waals surface area contributed by atoms with Crippen LogP contribution in [0.2, 0.25) is 0 Å². The number of rotatable bonds is 1. The van der Waals surface area contributed by atoms with Gasteiger partial charge in [0.1, 0.15) is 0 Å². The topological polar surface area (TPSA) is 3.24 Å². The number of hydrogen-bond donors (Lipinski definition) is 0. The summed E-state index contributed by atoms with van der Waals surface area (Å²) in [5.41, 5.74) is 1.26. The molecule has 0 bridgehead atoms. The molecule has 0 aliphatic rings. The van der Waals surface area contributed by atoms with Crippen LogP contribution in [0.25, 0.3) is 0 Å². The van der Waals surface area contributed by atoms with E-state index < -0.39 is 0 Å². The van der Waals surface area contributed by atoms with E-state index in [-0.39, 0.29) is 0 Å². The fourth-order valence-corrected chi connectivity index (χ4v) is 1.13. The van der Waals surface area contributed by atoms with Gasteiger partial charge in [0.05, 0.1) is 0 Å². The molecule has 2 heteroatoms. The SMILES string of the molecule is CN(C)c1ccc([Te])cc1. The molecule has 1 aromatic carbocycles. The third-order valence-electron chi connectivity index (χ3n) is 1.35. The molecule has 53 valence electrons. The third kappa shape index (κ3) is 1.90. The molecule has 0 N–H and O–H groups in total. The van der Waals surface area contributed by atoms with Gasteiger partial charge < -0.3 is 0 Å². The molecule has 0 unspecified atom stereocenters. The Morgan fingerprint density at radius 3 is 2.00 bits per heavy atom. The molecule has 1 aromatic rings. The molecule has 0 aliphatic heterocycles. The first-order chi connectivity index (χ1) is 4.70. The summed E-state index contributed by atoms with van der Waals surface area (Å²) in [5.74, 6) is 0. The first kappa shape index (κ1) is 7.91. The van der Waals surface area contributed by atoms with Crippen LogP contribution in [0.5, 0.6) is 0 Å². The number of hydrogen-bond acceptors (Lipinski definition) is 1. The predicted octanol–water partition coefficient (Wildman–Crippen LogP) is 0.546. The molecule has 0 aliphatic carbocycles. The summed E-state index contributed by atoms with van der Waals surface area (Å²) < 4.78 is 1.32. The van der Waals surface area contributed by atoms with Crippen molar-refractivity contribution in [2.24, 2.45) is 0 Å². The summed E-state index contributed by atoms with van der Waals surface area (Å²) >= 11 is 2.03. The van der Waals surface area contributed by atoms with Gasteiger partial charge in [-0.05, 0) is 0 Å². The summed E-state index contributed by atoms with van der Waals surface area (Å²) in [6.45, 7) is 0. The van der Waals surface area contributed by atoms with Gasteiger partial charge in [0.15, 0.2) is 0 Å². The zero-order chi connectivity index (χ0) is 7.56. The zero-order valence-corrected chi connectivity index (χ0v) is 8.50. The van der Waals surface area contributed by atoms with Crippen LogP contribution in [0.4, 0.5) is 5.69 Å². The van der Waals surface area contributed by atoms with Crippen molar-refractivity contribution in [2.45, 2.75) is 0 Å². The summed E-state index contributed by atoms with van der Waals surface area (Å²) in [6, 6.07) is 8.50. The minimum atomic E-state index is 1.26. The summed E-state index contributed by atoms with van der Waals surface area (Å²) in [4.78, 5) is 2.10. The van der Waals surface area contributed by atoms with Crippen molar-refractivity contribution in [1.29, 1.82) is 0 Å². The minimum absolute atomic E-state index is 1.26. The van der Waals surface area contributed by atoms with E-state index in [9.17, 15) is 0 Å². The quantitative estimate of drug-likeness (QED) is 0.655. The maximum absolute atomic E-state index is 2.12. The van der Waals surface area contributed by atoms with Gasteiger partial charge in [-0.25, -0.2) is 0 Å². The first-order valence-electron chi connectivity index (χ1n) is 3.14. The van der Waals surface area contributed by atoms with Gasteiger partial charge in [-0.1, -0.05) is 0 Å². The molecule has 0 amide bonds. The summed E-state index contributed by atoms with van der Waals surface area (Å²) in [5, 5.41) is 0. The van der Waals surface area contributed by atoms with E-state index in [0.29, 0.717) is 0 Å². The Labute approximate surface area is 74.9 Å². The molecular weight excluding hydrogens is 238 g/mol. The van der Waals surface area contributed by atoms with Crippen molar-refractivity contribution < 1.29 is 0 Å². The zero-order valence-electron chi connectivity index (χ0n) is 6.16. The number of nitrogens with zero attached hydrogens (tertiary/aromatic N) is 1. The van der Waals surface area contributed by atoms with Crippen LogP contribution >= 0.6 is 0 Å². The van der Waals surface area contributed by atoms with Gasteiger partial charge in [-0.15, -0.1) is 0 Å². The summed E-state index contributed by atoms with van der Waals surface area (Å²) in [7, 11) is 4.09. The van der Waals surface area contributed by atoms with Gasteiger partial charge in [-0.3, -0.25) is 0 Å². The standard InChI is InChI=1S/C8H10NTe/c1-9(2)7-3-5-8(10)6-4-7/h3-6H,1-2H3. The average molecular weight is 248 g/mol. The molecule has 0 saturated carbocycles. The van der Waals surface area contributed by atoms with E-state index in [1.54, 1.807) is 0 Å². The Bertz CT molecular complexity index is 203. The molecule has 1 rings (SSSR count). The summed E-state index contributed by atoms with van der Waals surface area (Å²) in [6.07, 6.45) is 0. The Kier molecular flexibility index (Phi) is 2.59. The fourth-order valence-electron chi connectivity index (χ4n) is 0.744. The van der Waals surface area contributed by atoms with Crippen LogP contribution in [-0.4, -0.2) is 36.4 Å². The molecule has 0 fully saturated rings. The normalized spacial score (nSPS) is 9.40. The molecule has 0 heterocycles. The van der Waals surface area contributed by atoms with Gasteiger partial charge >= 0.3 is 74.9 Å². The van der Waals surface area contributed by atoms with Crippen LogP contribution in [0, 0.1) is 0 Å². The molecule has 0 saturated heterocycles. The van der Waals surface area contributed by atoms with Crippen LogP contribution in [0.15, 0.2) is 24.3 Å². The maximum atomic E-state index is 2.12. The van der Waals surface area contributed by atoms with E-state index in [2.05, 4.69) is 29.2 Å². The Morgan fingerprint density at radius 1 is 1.10 bits per heavy atom. The van der Waals surface area contributed by atoms with Crippen molar-refractivity contribution in [1.82, 2.24) is 0 Å². The second-order valence-corrected chi connectivity index (χ2v) is 3.73. The van der Waals surface area contributed by atoms with Crippen molar-refractivity contribution in [2.75, 3.05) is 19.0 Å². The molecular formula is C8H10NTe. The fraction of sp³-hybridized carbons (Fsp3) is 0.250. The Hall–Kier alpha value is -0.190. The van der Waals surface area contributed by atoms with Crippen LogP contribution in [0.1, 0.15) is 0 Å². The van der Waals surface area contributed by atoms with Crippen LogP contribution < -0.4 is 8.51 Å². The molecule has 0 atom stereocenters. The molecule has 0 spiro atoms. The second kappa shape index (κ2) is 3.27. The van der Waals surface area contributed by atoms with Crippen molar-refractivity contribution >= 4 is 31.6 Å². The predicted molar refractivity (Wildman–Crippen MR) is 46.2 cm³/mol. The van der Waals surface area contributed by atoms with Gasteiger partial charge in [0.25, 0.3) is 0 Å². The molecule has 10 heavy (non-hydrogen) atoms. The first-order valence-corrected chi connectivity index (χ1v) is 4.31. The average Bonchev–Trinajstić information content (AvgIpc) is 1.88. The van der Waals surface area contributed by atoms with E-state index in [1.165, 1.54) is 9.30 Å². The van der Waals surface area contributed by atoms with Crippen molar-refractivity contribution in [3.63, 3.8) is 0 Å². The van der Waals surface area contributed by atoms with Crippen molar-refractivity contribution in [3.05, 3.63) is 24.3 Å². The molecule has 1 nitrogen and oxygen atoms in total. The van der Waals surface area contributed by atoms with E-state index in [0.717, 1.165) is 0 Å². The monoisotopic (exact) mass is 250 g/mol. The Morgan fingerprint density at radius 2 is 1.60 bits per heavy atom. The third-order valence-corrected chi connectivity index (χ3v) is 2.13. The Balaban J connectivity index is 2.89. The van der Waals surface area contributed by atoms with Crippen molar-refractivity contribution in [3.8, 4) is 0 Å². The van der Waals surface area contributed by atoms with E-state index >= 15 is 0 Å². The van der Waals surface area contributed by atoms with Gasteiger partial charge in [0.2, 0.25) is 0 Å². The van der Waals surface area contributed by atoms with Crippen LogP contribution in [-0.2, 0) is 0 Å².